The summed E-state index contributed by atoms with van der Waals surface area (Å²) in [5.41, 5.74) is 0. The van der Waals surface area contributed by atoms with Crippen LogP contribution in [0.1, 0.15) is 5.71 Å². The zero-order chi connectivity index (χ0) is 0. The molecule has 0 saturated heterocycles. The molecular weight excluding hydrogens is 416 g/mol. The number of hydrogen-bond donors (Lipinski definition) is 0. The predicted octanol–water partition coefficient (Wildman–Crippen LogP) is -1.52. The monoisotopic (exact) mass is 422 g/mol. The van der Waals surface area contributed by atoms with Crippen molar-refractivity contribution in [2.24, 2.45) is 0 Å². The van der Waals surface area contributed by atoms with Gasteiger partial charge in [0.15, 0.2) is 0 Å². The van der Waals surface area contributed by atoms with Crippen LogP contribution in [-0.4, -0.2) is 115 Å². The Morgan fingerprint density at radius 1 is 1.20 bits per heavy atom. The van der Waals surface area contributed by atoms with Gasteiger partial charge in [0.2, 0.25) is 0 Å². The Bertz CT molecular complexity index is 20.5. The average Bonchev–Trinajstić information content (AvgIpc) is 0. The molecule has 2 N–H and O–H groups in total. The van der Waals surface area contributed by atoms with E-state index in [1.165, 1.54) is 0 Å². The third-order valence-electron chi connectivity index (χ3n) is 0. The molecule has 5 heavy (non-hydrogen) atoms. The third-order valence-corrected chi connectivity index (χ3v) is 0. The molecule has 0 amide bonds. The Labute approximate surface area is 134 Å². The van der Waals surface area contributed by atoms with Gasteiger partial charge in [0.1, 0.15) is 0 Å². The van der Waals surface area contributed by atoms with Crippen molar-refractivity contribution in [3.05, 3.63) is 0 Å². The Morgan fingerprint density at radius 3 is 1.20 bits per heavy atom. The Balaban J connectivity index is 0. The van der Waals surface area contributed by atoms with E-state index in [0.717, 1.165) is 0 Å². The van der Waals surface area contributed by atoms with E-state index in [4.69, 9.17) is 0 Å². The van der Waals surface area contributed by atoms with Crippen molar-refractivity contribution in [1.82, 2.24) is 0 Å². The molecule has 0 aromatic rings. The van der Waals surface area contributed by atoms with Crippen LogP contribution in [0.4, 0.5) is 0 Å². The predicted molar refractivity (Wildman–Crippen MR) is 25.3 cm³/mol. The van der Waals surface area contributed by atoms with Gasteiger partial charge < -0.3 is 11.2 Å². The topological polar surface area (TPSA) is 31.5 Å². The van der Waals surface area contributed by atoms with E-state index < -0.39 is 0 Å². The molecule has 4 radical (unpaired) electrons. The molecule has 32 valence electrons. The van der Waals surface area contributed by atoms with E-state index in [-0.39, 0.29) is 138 Å². The molecule has 0 heterocycles. The van der Waals surface area contributed by atoms with Gasteiger partial charge in [0.05, 0.1) is 0 Å². The smallest absolute Gasteiger partial charge is 1.00 e. The van der Waals surface area contributed by atoms with E-state index >= 15 is 0 Å². The Morgan fingerprint density at radius 2 is 1.20 bits per heavy atom. The molecule has 0 fully saturated rings. The summed E-state index contributed by atoms with van der Waals surface area (Å²) in [5, 5.41) is 0. The van der Waals surface area contributed by atoms with Crippen LogP contribution in [0.5, 0.6) is 0 Å². The van der Waals surface area contributed by atoms with E-state index in [1.807, 2.05) is 0 Å². The second kappa shape index (κ2) is 24.3. The van der Waals surface area contributed by atoms with E-state index in [2.05, 4.69) is 0 Å². The van der Waals surface area contributed by atoms with Gasteiger partial charge in [-0.3, -0.25) is 0 Å². The fourth-order valence-electron chi connectivity index (χ4n) is 0. The maximum absolute atomic E-state index is 0. The minimum atomic E-state index is 0. The number of hydrogen-bond acceptors (Lipinski definition) is 0. The molecule has 0 rings (SSSR count). The molecule has 0 aliphatic rings. The second-order valence-corrected chi connectivity index (χ2v) is 0. The van der Waals surface area contributed by atoms with Crippen LogP contribution in [0.15, 0.2) is 0 Å². The molecule has 0 aromatic carbocycles. The SMILES string of the molecule is O.[Bi].[Ca+2].[Cu].[H-].[H-].[H-].[H-].[Sr+2]. The molecule has 0 aromatic heterocycles. The van der Waals surface area contributed by atoms with Crippen LogP contribution in [0.2, 0.25) is 0 Å². The van der Waals surface area contributed by atoms with Gasteiger partial charge in [-0.25, -0.2) is 0 Å². The van der Waals surface area contributed by atoms with Crippen molar-refractivity contribution in [3.8, 4) is 0 Å². The van der Waals surface area contributed by atoms with Gasteiger partial charge in [-0.15, -0.1) is 0 Å². The summed E-state index contributed by atoms with van der Waals surface area (Å²) in [5.74, 6) is 0. The molecule has 0 aliphatic carbocycles. The van der Waals surface area contributed by atoms with Crippen LogP contribution < -0.4 is 0 Å². The third kappa shape index (κ3) is 17.9. The van der Waals surface area contributed by atoms with Crippen molar-refractivity contribution < 1.29 is 28.3 Å². The average molecular weight is 422 g/mol. The van der Waals surface area contributed by atoms with Crippen LogP contribution in [-0.2, 0) is 17.1 Å². The van der Waals surface area contributed by atoms with Crippen molar-refractivity contribution >= 4 is 109 Å². The molecule has 0 unspecified atom stereocenters. The normalized spacial score (nSPS) is 0. The summed E-state index contributed by atoms with van der Waals surface area (Å²) >= 11 is 0. The molecule has 0 atom stereocenters. The second-order valence-electron chi connectivity index (χ2n) is 0. The van der Waals surface area contributed by atoms with Gasteiger partial charge >= 0.3 is 83.2 Å². The largest absolute Gasteiger partial charge is 2.00 e. The van der Waals surface area contributed by atoms with Crippen molar-refractivity contribution in [2.75, 3.05) is 0 Å². The minimum Gasteiger partial charge on any atom is -1.00 e. The van der Waals surface area contributed by atoms with E-state index in [0.29, 0.717) is 0 Å². The van der Waals surface area contributed by atoms with Crippen LogP contribution in [0.3, 0.4) is 0 Å². The Hall–Kier alpha value is 4.10. The van der Waals surface area contributed by atoms with Crippen LogP contribution in [0.25, 0.3) is 0 Å². The minimum absolute atomic E-state index is 0. The molecule has 0 bridgehead atoms. The summed E-state index contributed by atoms with van der Waals surface area (Å²) in [6, 6.07) is 0. The maximum Gasteiger partial charge on any atom is 2.00 e. The van der Waals surface area contributed by atoms with Gasteiger partial charge in [-0.1, -0.05) is 0 Å². The van der Waals surface area contributed by atoms with Crippen LogP contribution >= 0.6 is 0 Å². The van der Waals surface area contributed by atoms with Gasteiger partial charge in [0, 0.05) is 43.3 Å². The first kappa shape index (κ1) is 35.5. The van der Waals surface area contributed by atoms with Gasteiger partial charge in [-0.05, 0) is 0 Å². The standard InChI is InChI=1S/Bi.Ca.Cu.H2O.Sr.4H/h;;;1H2;;;;;/q;+2;;;+2;4*-1. The summed E-state index contributed by atoms with van der Waals surface area (Å²) in [6.07, 6.45) is 0. The molecule has 0 spiro atoms. The first-order valence-corrected chi connectivity index (χ1v) is 0. The fraction of sp³-hybridized carbons (Fsp3) is 0. The fourth-order valence-corrected chi connectivity index (χ4v) is 0. The zero-order valence-corrected chi connectivity index (χ0v) is 12.8. The molecule has 0 saturated carbocycles. The van der Waals surface area contributed by atoms with Crippen molar-refractivity contribution in [2.45, 2.75) is 0 Å². The van der Waals surface area contributed by atoms with Crippen molar-refractivity contribution in [3.63, 3.8) is 0 Å². The first-order valence-electron chi connectivity index (χ1n) is 0. The molecule has 0 aliphatic heterocycles. The maximum atomic E-state index is 0. The van der Waals surface area contributed by atoms with Gasteiger partial charge in [0.25, 0.3) is 0 Å². The Kier molecular flexibility index (Phi) is 172. The summed E-state index contributed by atoms with van der Waals surface area (Å²) in [7, 11) is 0. The zero-order valence-electron chi connectivity index (χ0n) is 6.66. The van der Waals surface area contributed by atoms with E-state index in [1.54, 1.807) is 0 Å². The van der Waals surface area contributed by atoms with E-state index in [9.17, 15) is 0 Å². The molecule has 1 nitrogen and oxygen atoms in total. The summed E-state index contributed by atoms with van der Waals surface area (Å²) < 4.78 is 0. The number of rotatable bonds is 0. The quantitative estimate of drug-likeness (QED) is 0.425. The summed E-state index contributed by atoms with van der Waals surface area (Å²) in [4.78, 5) is 0. The molecular formula is H6BiCaCuOSr. The van der Waals surface area contributed by atoms with Gasteiger partial charge in [-0.2, -0.15) is 0 Å². The summed E-state index contributed by atoms with van der Waals surface area (Å²) in [6.45, 7) is 0. The van der Waals surface area contributed by atoms with Crippen molar-refractivity contribution in [1.29, 1.82) is 0 Å². The first-order chi connectivity index (χ1) is 0. The molecule has 5 heteroatoms. The van der Waals surface area contributed by atoms with Crippen LogP contribution in [0, 0.1) is 0 Å².